The van der Waals surface area contributed by atoms with Gasteiger partial charge in [-0.25, -0.2) is 4.79 Å². The molecule has 1 aromatic rings. The standard InChI is InChI=1S/C11H13NO5/c1-4-17-11(13)10-7(2)9(16-3)6-5-8(10)12(14)15/h5-6H,4H2,1-3H3. The van der Waals surface area contributed by atoms with E-state index >= 15 is 0 Å². The van der Waals surface area contributed by atoms with Crippen LogP contribution in [-0.2, 0) is 4.74 Å². The highest BCUT2D eigenvalue weighted by Crippen LogP contribution is 2.30. The summed E-state index contributed by atoms with van der Waals surface area (Å²) in [4.78, 5) is 21.9. The fourth-order valence-corrected chi connectivity index (χ4v) is 1.51. The number of benzene rings is 1. The fraction of sp³-hybridized carbons (Fsp3) is 0.364. The molecule has 1 rings (SSSR count). The topological polar surface area (TPSA) is 78.7 Å². The Kier molecular flexibility index (Phi) is 4.03. The van der Waals surface area contributed by atoms with Gasteiger partial charge in [-0.3, -0.25) is 10.1 Å². The molecule has 0 aliphatic carbocycles. The quantitative estimate of drug-likeness (QED) is 0.456. The van der Waals surface area contributed by atoms with Crippen LogP contribution in [0, 0.1) is 17.0 Å². The molecule has 0 saturated heterocycles. The second-order valence-electron chi connectivity index (χ2n) is 3.26. The van der Waals surface area contributed by atoms with E-state index in [1.807, 2.05) is 0 Å². The number of ether oxygens (including phenoxy) is 2. The second-order valence-corrected chi connectivity index (χ2v) is 3.26. The Balaban J connectivity index is 3.39. The number of hydrogen-bond donors (Lipinski definition) is 0. The molecular weight excluding hydrogens is 226 g/mol. The Morgan fingerprint density at radius 3 is 2.59 bits per heavy atom. The van der Waals surface area contributed by atoms with E-state index in [9.17, 15) is 14.9 Å². The van der Waals surface area contributed by atoms with Gasteiger partial charge in [0.25, 0.3) is 5.69 Å². The summed E-state index contributed by atoms with van der Waals surface area (Å²) < 4.78 is 9.82. The molecule has 1 aromatic carbocycles. The average molecular weight is 239 g/mol. The van der Waals surface area contributed by atoms with Gasteiger partial charge in [-0.1, -0.05) is 0 Å². The van der Waals surface area contributed by atoms with Gasteiger partial charge in [0.05, 0.1) is 18.6 Å². The van der Waals surface area contributed by atoms with Crippen LogP contribution in [0.5, 0.6) is 5.75 Å². The summed E-state index contributed by atoms with van der Waals surface area (Å²) in [5, 5.41) is 10.8. The predicted octanol–water partition coefficient (Wildman–Crippen LogP) is 2.09. The number of carbonyl (C=O) groups is 1. The maximum Gasteiger partial charge on any atom is 0.345 e. The first kappa shape index (κ1) is 13.0. The van der Waals surface area contributed by atoms with E-state index in [0.29, 0.717) is 11.3 Å². The first-order valence-electron chi connectivity index (χ1n) is 5.02. The van der Waals surface area contributed by atoms with Crippen LogP contribution in [0.4, 0.5) is 5.69 Å². The van der Waals surface area contributed by atoms with E-state index in [1.54, 1.807) is 13.8 Å². The summed E-state index contributed by atoms with van der Waals surface area (Å²) in [7, 11) is 1.43. The van der Waals surface area contributed by atoms with Gasteiger partial charge in [0.1, 0.15) is 11.3 Å². The summed E-state index contributed by atoms with van der Waals surface area (Å²) in [6, 6.07) is 2.69. The molecule has 0 saturated carbocycles. The molecule has 0 atom stereocenters. The Bertz CT molecular complexity index is 455. The normalized spacial score (nSPS) is 9.82. The van der Waals surface area contributed by atoms with Crippen LogP contribution in [0.25, 0.3) is 0 Å². The van der Waals surface area contributed by atoms with Crippen LogP contribution in [-0.4, -0.2) is 24.6 Å². The van der Waals surface area contributed by atoms with E-state index in [-0.39, 0.29) is 17.9 Å². The average Bonchev–Trinajstić information content (AvgIpc) is 2.28. The zero-order valence-electron chi connectivity index (χ0n) is 9.85. The van der Waals surface area contributed by atoms with Crippen molar-refractivity contribution in [1.29, 1.82) is 0 Å². The van der Waals surface area contributed by atoms with Crippen LogP contribution >= 0.6 is 0 Å². The Labute approximate surface area is 98.3 Å². The summed E-state index contributed by atoms with van der Waals surface area (Å²) in [6.07, 6.45) is 0. The first-order chi connectivity index (χ1) is 8.02. The van der Waals surface area contributed by atoms with Crippen molar-refractivity contribution in [2.45, 2.75) is 13.8 Å². The first-order valence-corrected chi connectivity index (χ1v) is 5.02. The van der Waals surface area contributed by atoms with E-state index in [2.05, 4.69) is 0 Å². The predicted molar refractivity (Wildman–Crippen MR) is 60.3 cm³/mol. The lowest BCUT2D eigenvalue weighted by atomic mass is 10.1. The molecule has 0 aliphatic heterocycles. The highest BCUT2D eigenvalue weighted by atomic mass is 16.6. The summed E-state index contributed by atoms with van der Waals surface area (Å²) in [5.41, 5.74) is 0.0677. The largest absolute Gasteiger partial charge is 0.496 e. The fourth-order valence-electron chi connectivity index (χ4n) is 1.51. The van der Waals surface area contributed by atoms with Gasteiger partial charge in [0.15, 0.2) is 0 Å². The Hall–Kier alpha value is -2.11. The summed E-state index contributed by atoms with van der Waals surface area (Å²) in [5.74, 6) is -0.297. The number of nitro groups is 1. The number of hydrogen-bond acceptors (Lipinski definition) is 5. The molecule has 0 aliphatic rings. The van der Waals surface area contributed by atoms with Crippen molar-refractivity contribution in [2.24, 2.45) is 0 Å². The van der Waals surface area contributed by atoms with Crippen molar-refractivity contribution >= 4 is 11.7 Å². The van der Waals surface area contributed by atoms with E-state index < -0.39 is 10.9 Å². The second kappa shape index (κ2) is 5.29. The molecule has 0 N–H and O–H groups in total. The number of methoxy groups -OCH3 is 1. The number of carbonyl (C=O) groups excluding carboxylic acids is 1. The van der Waals surface area contributed by atoms with Crippen LogP contribution in [0.15, 0.2) is 12.1 Å². The molecule has 0 bridgehead atoms. The van der Waals surface area contributed by atoms with E-state index in [4.69, 9.17) is 9.47 Å². The molecule has 0 fully saturated rings. The molecule has 0 amide bonds. The van der Waals surface area contributed by atoms with Crippen molar-refractivity contribution in [3.63, 3.8) is 0 Å². The minimum atomic E-state index is -0.712. The highest BCUT2D eigenvalue weighted by Gasteiger charge is 2.25. The highest BCUT2D eigenvalue weighted by molar-refractivity contribution is 5.96. The molecule has 92 valence electrons. The third-order valence-corrected chi connectivity index (χ3v) is 2.29. The molecule has 17 heavy (non-hydrogen) atoms. The van der Waals surface area contributed by atoms with Crippen LogP contribution < -0.4 is 4.74 Å². The van der Waals surface area contributed by atoms with Gasteiger partial charge in [0, 0.05) is 11.6 Å². The van der Waals surface area contributed by atoms with Crippen molar-refractivity contribution in [3.8, 4) is 5.75 Å². The number of rotatable bonds is 4. The van der Waals surface area contributed by atoms with Gasteiger partial charge in [-0.2, -0.15) is 0 Å². The van der Waals surface area contributed by atoms with Crippen LogP contribution in [0.2, 0.25) is 0 Å². The van der Waals surface area contributed by atoms with Crippen molar-refractivity contribution in [1.82, 2.24) is 0 Å². The number of esters is 1. The minimum absolute atomic E-state index is 0.0591. The number of nitrogens with zero attached hydrogens (tertiary/aromatic N) is 1. The molecule has 6 nitrogen and oxygen atoms in total. The lowest BCUT2D eigenvalue weighted by molar-refractivity contribution is -0.385. The molecule has 0 unspecified atom stereocenters. The lowest BCUT2D eigenvalue weighted by Gasteiger charge is -2.09. The van der Waals surface area contributed by atoms with Gasteiger partial charge in [-0.05, 0) is 19.9 Å². The van der Waals surface area contributed by atoms with Crippen LogP contribution in [0.1, 0.15) is 22.8 Å². The van der Waals surface area contributed by atoms with Crippen LogP contribution in [0.3, 0.4) is 0 Å². The molecule has 6 heteroatoms. The van der Waals surface area contributed by atoms with Gasteiger partial charge in [0.2, 0.25) is 0 Å². The molecule has 0 heterocycles. The maximum absolute atomic E-state index is 11.7. The maximum atomic E-state index is 11.7. The number of nitro benzene ring substituents is 1. The van der Waals surface area contributed by atoms with Crippen molar-refractivity contribution in [3.05, 3.63) is 33.4 Å². The molecule has 0 spiro atoms. The van der Waals surface area contributed by atoms with Gasteiger partial charge < -0.3 is 9.47 Å². The lowest BCUT2D eigenvalue weighted by Crippen LogP contribution is -2.10. The van der Waals surface area contributed by atoms with E-state index in [1.165, 1.54) is 19.2 Å². The summed E-state index contributed by atoms with van der Waals surface area (Å²) in [6.45, 7) is 3.38. The monoisotopic (exact) mass is 239 g/mol. The Morgan fingerprint density at radius 2 is 2.12 bits per heavy atom. The zero-order valence-corrected chi connectivity index (χ0v) is 9.85. The molecule has 0 radical (unpaired) electrons. The third kappa shape index (κ3) is 2.52. The summed E-state index contributed by atoms with van der Waals surface area (Å²) >= 11 is 0. The van der Waals surface area contributed by atoms with Gasteiger partial charge in [-0.15, -0.1) is 0 Å². The smallest absolute Gasteiger partial charge is 0.345 e. The minimum Gasteiger partial charge on any atom is -0.496 e. The SMILES string of the molecule is CCOC(=O)c1c([N+](=O)[O-])ccc(OC)c1C. The zero-order chi connectivity index (χ0) is 13.0. The molecule has 0 aromatic heterocycles. The van der Waals surface area contributed by atoms with E-state index in [0.717, 1.165) is 0 Å². The van der Waals surface area contributed by atoms with Crippen molar-refractivity contribution < 1.29 is 19.2 Å². The van der Waals surface area contributed by atoms with Crippen molar-refractivity contribution in [2.75, 3.05) is 13.7 Å². The Morgan fingerprint density at radius 1 is 1.47 bits per heavy atom. The third-order valence-electron chi connectivity index (χ3n) is 2.29. The molecular formula is C11H13NO5. The van der Waals surface area contributed by atoms with Gasteiger partial charge >= 0.3 is 5.97 Å².